The maximum Gasteiger partial charge on any atom is 0.115 e. The highest BCUT2D eigenvalue weighted by Crippen LogP contribution is 2.44. The summed E-state index contributed by atoms with van der Waals surface area (Å²) in [5.74, 6) is 0.184. The number of hydrogen-bond donors (Lipinski definition) is 3. The average Bonchev–Trinajstić information content (AvgIpc) is 3.37. The molecule has 3 aliphatic rings. The number of nitrogens with zero attached hydrogens (tertiary/aromatic N) is 3. The van der Waals surface area contributed by atoms with Gasteiger partial charge in [-0.2, -0.15) is 0 Å². The fourth-order valence-corrected chi connectivity index (χ4v) is 5.57. The van der Waals surface area contributed by atoms with Crippen molar-refractivity contribution in [3.05, 3.63) is 78.0 Å². The van der Waals surface area contributed by atoms with Crippen LogP contribution in [0.1, 0.15) is 30.0 Å². The minimum absolute atomic E-state index is 0.0127. The number of likely N-dealkylation sites (N-methyl/N-ethyl adjacent to an activating group) is 1. The Morgan fingerprint density at radius 3 is 2.71 bits per heavy atom. The molecule has 0 spiro atoms. The molecule has 3 N–H and O–H groups in total. The van der Waals surface area contributed by atoms with Crippen LogP contribution in [-0.2, 0) is 12.0 Å². The third kappa shape index (κ3) is 4.33. The lowest BCUT2D eigenvalue weighted by Crippen LogP contribution is -2.44. The standard InChI is InChI=1S/C28H37N5O/c1-5-6-22-18-21-19-24(8-9-25(21)28(22,3)34)33-12-11-27(30-33)29-23-7-10-26(20(2)17-23)32-15-13-31(4)14-16-32/h5,7-12,17,19,22,27,29-30,34H,1,6,13-16,18H2,2-4H3. The van der Waals surface area contributed by atoms with Gasteiger partial charge in [0.1, 0.15) is 6.17 Å². The van der Waals surface area contributed by atoms with Crippen LogP contribution < -0.4 is 20.7 Å². The summed E-state index contributed by atoms with van der Waals surface area (Å²) in [4.78, 5) is 4.87. The molecule has 1 saturated heterocycles. The fraction of sp³-hybridized carbons (Fsp3) is 0.429. The first-order valence-electron chi connectivity index (χ1n) is 12.4. The lowest BCUT2D eigenvalue weighted by Gasteiger charge is -2.35. The van der Waals surface area contributed by atoms with Gasteiger partial charge in [0.25, 0.3) is 0 Å². The minimum atomic E-state index is -0.797. The first-order valence-corrected chi connectivity index (χ1v) is 12.4. The number of anilines is 3. The highest BCUT2D eigenvalue weighted by atomic mass is 16.3. The highest BCUT2D eigenvalue weighted by Gasteiger charge is 2.40. The van der Waals surface area contributed by atoms with Gasteiger partial charge in [-0.15, -0.1) is 6.58 Å². The van der Waals surface area contributed by atoms with Crippen LogP contribution in [0.2, 0.25) is 0 Å². The molecule has 2 aromatic rings. The second-order valence-electron chi connectivity index (χ2n) is 10.2. The third-order valence-corrected chi connectivity index (χ3v) is 7.69. The van der Waals surface area contributed by atoms with Crippen molar-refractivity contribution >= 4 is 17.1 Å². The molecule has 34 heavy (non-hydrogen) atoms. The fourth-order valence-electron chi connectivity index (χ4n) is 5.57. The molecule has 2 aromatic carbocycles. The van der Waals surface area contributed by atoms with E-state index in [0.29, 0.717) is 0 Å². The van der Waals surface area contributed by atoms with Crippen molar-refractivity contribution < 1.29 is 5.11 Å². The summed E-state index contributed by atoms with van der Waals surface area (Å²) in [6, 6.07) is 13.0. The molecule has 1 fully saturated rings. The van der Waals surface area contributed by atoms with Crippen LogP contribution in [-0.4, -0.2) is 49.4 Å². The number of piperazine rings is 1. The van der Waals surface area contributed by atoms with Crippen molar-refractivity contribution in [3.63, 3.8) is 0 Å². The Labute approximate surface area is 203 Å². The molecule has 1 aliphatic carbocycles. The lowest BCUT2D eigenvalue weighted by molar-refractivity contribution is 0.00879. The smallest absolute Gasteiger partial charge is 0.115 e. The van der Waals surface area contributed by atoms with E-state index in [1.54, 1.807) is 0 Å². The zero-order valence-corrected chi connectivity index (χ0v) is 20.6. The molecule has 0 radical (unpaired) electrons. The summed E-state index contributed by atoms with van der Waals surface area (Å²) in [5, 5.41) is 16.7. The molecule has 180 valence electrons. The molecule has 0 aromatic heterocycles. The van der Waals surface area contributed by atoms with Crippen molar-refractivity contribution in [1.29, 1.82) is 0 Å². The van der Waals surface area contributed by atoms with Gasteiger partial charge in [-0.1, -0.05) is 12.1 Å². The molecule has 3 unspecified atom stereocenters. The number of hydrogen-bond acceptors (Lipinski definition) is 6. The van der Waals surface area contributed by atoms with Crippen molar-refractivity contribution in [2.24, 2.45) is 5.92 Å². The van der Waals surface area contributed by atoms with Crippen LogP contribution >= 0.6 is 0 Å². The summed E-state index contributed by atoms with van der Waals surface area (Å²) in [6.45, 7) is 12.4. The van der Waals surface area contributed by atoms with Crippen molar-refractivity contribution in [2.75, 3.05) is 48.5 Å². The third-order valence-electron chi connectivity index (χ3n) is 7.69. The van der Waals surface area contributed by atoms with Gasteiger partial charge in [0.2, 0.25) is 0 Å². The van der Waals surface area contributed by atoms with E-state index < -0.39 is 5.60 Å². The van der Waals surface area contributed by atoms with E-state index in [1.807, 2.05) is 13.0 Å². The number of fused-ring (bicyclic) bond motifs is 1. The van der Waals surface area contributed by atoms with E-state index in [0.717, 1.165) is 56.0 Å². The van der Waals surface area contributed by atoms with E-state index in [-0.39, 0.29) is 12.1 Å². The number of nitrogens with one attached hydrogen (secondary N) is 2. The summed E-state index contributed by atoms with van der Waals surface area (Å²) < 4.78 is 0. The SMILES string of the molecule is C=CCC1Cc2cc(N3C=CC(Nc4ccc(N5CCN(C)CC5)c(C)c4)N3)ccc2C1(C)O. The van der Waals surface area contributed by atoms with Gasteiger partial charge in [-0.05, 0) is 92.8 Å². The number of benzene rings is 2. The Kier molecular flexibility index (Phi) is 6.15. The molecular weight excluding hydrogens is 422 g/mol. The van der Waals surface area contributed by atoms with Crippen LogP contribution in [0.5, 0.6) is 0 Å². The molecular formula is C28H37N5O. The minimum Gasteiger partial charge on any atom is -0.385 e. The molecule has 2 heterocycles. The van der Waals surface area contributed by atoms with E-state index >= 15 is 0 Å². The molecule has 0 amide bonds. The second kappa shape index (κ2) is 9.10. The topological polar surface area (TPSA) is 54.0 Å². The van der Waals surface area contributed by atoms with E-state index in [2.05, 4.69) is 94.8 Å². The predicted octanol–water partition coefficient (Wildman–Crippen LogP) is 3.98. The van der Waals surface area contributed by atoms with Gasteiger partial charge in [0, 0.05) is 43.8 Å². The zero-order chi connectivity index (χ0) is 23.9. The molecule has 5 rings (SSSR count). The monoisotopic (exact) mass is 459 g/mol. The lowest BCUT2D eigenvalue weighted by atomic mass is 9.87. The number of rotatable bonds is 6. The number of hydrazine groups is 1. The molecule has 6 nitrogen and oxygen atoms in total. The Bertz CT molecular complexity index is 1090. The maximum atomic E-state index is 11.0. The van der Waals surface area contributed by atoms with Gasteiger partial charge in [0.05, 0.1) is 11.3 Å². The van der Waals surface area contributed by atoms with Gasteiger partial charge < -0.3 is 20.2 Å². The van der Waals surface area contributed by atoms with Crippen molar-refractivity contribution in [2.45, 2.75) is 38.5 Å². The van der Waals surface area contributed by atoms with Gasteiger partial charge in [-0.25, -0.2) is 5.43 Å². The van der Waals surface area contributed by atoms with Gasteiger partial charge in [0.15, 0.2) is 0 Å². The summed E-state index contributed by atoms with van der Waals surface area (Å²) in [7, 11) is 2.19. The van der Waals surface area contributed by atoms with Crippen molar-refractivity contribution in [1.82, 2.24) is 10.3 Å². The normalized spacial score (nSPS) is 26.7. The van der Waals surface area contributed by atoms with Crippen LogP contribution in [0.15, 0.2) is 61.3 Å². The van der Waals surface area contributed by atoms with Crippen LogP contribution in [0.3, 0.4) is 0 Å². The Balaban J connectivity index is 1.23. The largest absolute Gasteiger partial charge is 0.385 e. The van der Waals surface area contributed by atoms with Gasteiger partial charge in [-0.3, -0.25) is 5.01 Å². The number of aryl methyl sites for hydroxylation is 1. The summed E-state index contributed by atoms with van der Waals surface area (Å²) in [5.41, 5.74) is 9.80. The number of allylic oxidation sites excluding steroid dienone is 1. The zero-order valence-electron chi connectivity index (χ0n) is 20.6. The second-order valence-corrected chi connectivity index (χ2v) is 10.2. The summed E-state index contributed by atoms with van der Waals surface area (Å²) in [6.07, 6.45) is 7.82. The molecule has 0 bridgehead atoms. The van der Waals surface area contributed by atoms with E-state index in [9.17, 15) is 5.11 Å². The molecule has 2 aliphatic heterocycles. The van der Waals surface area contributed by atoms with E-state index in [4.69, 9.17) is 0 Å². The van der Waals surface area contributed by atoms with Crippen molar-refractivity contribution in [3.8, 4) is 0 Å². The number of aliphatic hydroxyl groups is 1. The summed E-state index contributed by atoms with van der Waals surface area (Å²) >= 11 is 0. The molecule has 3 atom stereocenters. The first-order chi connectivity index (χ1) is 16.3. The van der Waals surface area contributed by atoms with Crippen LogP contribution in [0, 0.1) is 12.8 Å². The molecule has 0 saturated carbocycles. The molecule has 6 heteroatoms. The van der Waals surface area contributed by atoms with Gasteiger partial charge >= 0.3 is 0 Å². The van der Waals surface area contributed by atoms with Crippen LogP contribution in [0.25, 0.3) is 0 Å². The first kappa shape index (κ1) is 23.0. The highest BCUT2D eigenvalue weighted by molar-refractivity contribution is 5.62. The predicted molar refractivity (Wildman–Crippen MR) is 141 cm³/mol. The maximum absolute atomic E-state index is 11.0. The Morgan fingerprint density at radius 1 is 1.18 bits per heavy atom. The quantitative estimate of drug-likeness (QED) is 0.568. The Morgan fingerprint density at radius 2 is 1.97 bits per heavy atom. The van der Waals surface area contributed by atoms with Crippen LogP contribution in [0.4, 0.5) is 17.1 Å². The Hall–Kier alpha value is -2.80. The van der Waals surface area contributed by atoms with E-state index in [1.165, 1.54) is 16.8 Å². The average molecular weight is 460 g/mol.